The molecule has 2 N–H and O–H groups in total. The molecule has 0 spiro atoms. The van der Waals surface area contributed by atoms with Gasteiger partial charge in [-0.3, -0.25) is 9.59 Å². The molecule has 0 fully saturated rings. The topological polar surface area (TPSA) is 90.4 Å². The molecule has 0 saturated heterocycles. The Bertz CT molecular complexity index is 1280. The molecule has 0 radical (unpaired) electrons. The molecule has 0 unspecified atom stereocenters. The van der Waals surface area contributed by atoms with Gasteiger partial charge in [0.25, 0.3) is 5.56 Å². The maximum Gasteiger partial charge on any atom is 0.268 e. The molecule has 7 nitrogen and oxygen atoms in total. The number of carbonyl (C=O) groups is 1. The number of fused-ring (bicyclic) bond motifs is 1. The quantitative estimate of drug-likeness (QED) is 0.167. The Morgan fingerprint density at radius 2 is 1.87 bits per heavy atom. The summed E-state index contributed by atoms with van der Waals surface area (Å²) in [6.45, 7) is 1.34. The number of ether oxygens (including phenoxy) is 1. The van der Waals surface area contributed by atoms with Gasteiger partial charge in [0.05, 0.1) is 18.2 Å². The Morgan fingerprint density at radius 3 is 2.57 bits per heavy atom. The SMILES string of the molecule is COc1ccccc1-n1c(SN(N)C(C)=O)nc2scc(-c3ccccc3)c2c1=O. The van der Waals surface area contributed by atoms with E-state index < -0.39 is 0 Å². The van der Waals surface area contributed by atoms with E-state index in [2.05, 4.69) is 4.98 Å². The summed E-state index contributed by atoms with van der Waals surface area (Å²) < 4.78 is 7.85. The van der Waals surface area contributed by atoms with Gasteiger partial charge in [-0.1, -0.05) is 42.5 Å². The molecular formula is C21H18N4O3S2. The summed E-state index contributed by atoms with van der Waals surface area (Å²) in [6.07, 6.45) is 0. The third-order valence-corrected chi connectivity index (χ3v) is 6.24. The maximum absolute atomic E-state index is 13.7. The lowest BCUT2D eigenvalue weighted by Crippen LogP contribution is -2.31. The van der Waals surface area contributed by atoms with Crippen LogP contribution in [-0.4, -0.2) is 27.0 Å². The molecule has 0 atom stereocenters. The van der Waals surface area contributed by atoms with Gasteiger partial charge in [0.1, 0.15) is 10.6 Å². The highest BCUT2D eigenvalue weighted by atomic mass is 32.2. The summed E-state index contributed by atoms with van der Waals surface area (Å²) in [5, 5.41) is 2.70. The summed E-state index contributed by atoms with van der Waals surface area (Å²) in [7, 11) is 1.54. The van der Waals surface area contributed by atoms with Gasteiger partial charge >= 0.3 is 0 Å². The molecule has 4 rings (SSSR count). The molecule has 2 heterocycles. The summed E-state index contributed by atoms with van der Waals surface area (Å²) in [4.78, 5) is 30.7. The smallest absolute Gasteiger partial charge is 0.268 e. The third-order valence-electron chi connectivity index (χ3n) is 4.48. The lowest BCUT2D eigenvalue weighted by atomic mass is 10.1. The number of nitrogens with two attached hydrogens (primary N) is 1. The molecule has 9 heteroatoms. The second kappa shape index (κ2) is 8.31. The number of carbonyl (C=O) groups excluding carboxylic acids is 1. The number of nitrogens with zero attached hydrogens (tertiary/aromatic N) is 3. The summed E-state index contributed by atoms with van der Waals surface area (Å²) in [5.41, 5.74) is 2.00. The van der Waals surface area contributed by atoms with E-state index in [1.807, 2.05) is 41.8 Å². The Hall–Kier alpha value is -3.14. The highest BCUT2D eigenvalue weighted by Crippen LogP contribution is 2.34. The zero-order chi connectivity index (χ0) is 21.3. The number of rotatable bonds is 5. The first-order valence-electron chi connectivity index (χ1n) is 8.97. The second-order valence-electron chi connectivity index (χ2n) is 6.34. The van der Waals surface area contributed by atoms with Gasteiger partial charge in [-0.15, -0.1) is 11.3 Å². The lowest BCUT2D eigenvalue weighted by molar-refractivity contribution is -0.124. The number of hydrogen-bond donors (Lipinski definition) is 1. The van der Waals surface area contributed by atoms with Crippen molar-refractivity contribution in [1.29, 1.82) is 0 Å². The molecule has 0 bridgehead atoms. The second-order valence-corrected chi connectivity index (χ2v) is 8.14. The first-order valence-corrected chi connectivity index (χ1v) is 10.6. The fourth-order valence-electron chi connectivity index (χ4n) is 3.04. The van der Waals surface area contributed by atoms with Gasteiger partial charge in [0.15, 0.2) is 5.16 Å². The van der Waals surface area contributed by atoms with Crippen molar-refractivity contribution in [3.8, 4) is 22.6 Å². The number of amides is 1. The van der Waals surface area contributed by atoms with E-state index in [0.717, 1.165) is 27.5 Å². The fraction of sp³-hybridized carbons (Fsp3) is 0.0952. The number of aromatic nitrogens is 2. The molecule has 0 aliphatic heterocycles. The minimum Gasteiger partial charge on any atom is -0.495 e. The molecule has 2 aromatic carbocycles. The van der Waals surface area contributed by atoms with Crippen molar-refractivity contribution in [3.05, 3.63) is 70.3 Å². The number of hydrazine groups is 1. The largest absolute Gasteiger partial charge is 0.495 e. The van der Waals surface area contributed by atoms with Crippen LogP contribution in [0.1, 0.15) is 6.92 Å². The van der Waals surface area contributed by atoms with Crippen molar-refractivity contribution in [2.24, 2.45) is 5.84 Å². The number of benzene rings is 2. The van der Waals surface area contributed by atoms with Gasteiger partial charge in [0, 0.05) is 29.8 Å². The maximum atomic E-state index is 13.7. The van der Waals surface area contributed by atoms with E-state index in [-0.39, 0.29) is 16.6 Å². The minimum absolute atomic E-state index is 0.260. The number of methoxy groups -OCH3 is 1. The van der Waals surface area contributed by atoms with Crippen molar-refractivity contribution in [2.75, 3.05) is 7.11 Å². The summed E-state index contributed by atoms with van der Waals surface area (Å²) in [6, 6.07) is 16.8. The van der Waals surface area contributed by atoms with Crippen molar-refractivity contribution >= 4 is 39.4 Å². The van der Waals surface area contributed by atoms with Crippen molar-refractivity contribution in [1.82, 2.24) is 14.0 Å². The third kappa shape index (κ3) is 3.58. The predicted octanol–water partition coefficient (Wildman–Crippen LogP) is 3.85. The Morgan fingerprint density at radius 1 is 1.17 bits per heavy atom. The number of hydrogen-bond acceptors (Lipinski definition) is 7. The average Bonchev–Trinajstić information content (AvgIpc) is 3.19. The average molecular weight is 439 g/mol. The molecule has 152 valence electrons. The zero-order valence-corrected chi connectivity index (χ0v) is 17.9. The summed E-state index contributed by atoms with van der Waals surface area (Å²) in [5.74, 6) is 5.96. The minimum atomic E-state index is -0.364. The normalized spacial score (nSPS) is 10.9. The van der Waals surface area contributed by atoms with E-state index in [1.165, 1.54) is 29.9 Å². The van der Waals surface area contributed by atoms with Crippen LogP contribution < -0.4 is 16.1 Å². The van der Waals surface area contributed by atoms with E-state index >= 15 is 0 Å². The van der Waals surface area contributed by atoms with E-state index in [0.29, 0.717) is 21.7 Å². The van der Waals surface area contributed by atoms with Crippen LogP contribution >= 0.6 is 23.3 Å². The molecule has 0 aliphatic carbocycles. The molecule has 30 heavy (non-hydrogen) atoms. The van der Waals surface area contributed by atoms with Crippen molar-refractivity contribution < 1.29 is 9.53 Å². The molecule has 4 aromatic rings. The van der Waals surface area contributed by atoms with Crippen LogP contribution in [0.25, 0.3) is 27.0 Å². The number of para-hydroxylation sites is 2. The monoisotopic (exact) mass is 438 g/mol. The first kappa shape index (κ1) is 20.1. The van der Waals surface area contributed by atoms with Crippen LogP contribution in [0.3, 0.4) is 0 Å². The van der Waals surface area contributed by atoms with Gasteiger partial charge in [-0.05, 0) is 17.7 Å². The van der Waals surface area contributed by atoms with Crippen LogP contribution in [0.2, 0.25) is 0 Å². The van der Waals surface area contributed by atoms with Gasteiger partial charge in [-0.25, -0.2) is 19.8 Å². The highest BCUT2D eigenvalue weighted by Gasteiger charge is 2.22. The standard InChI is InChI=1S/C21H18N4O3S2/c1-13(26)25(22)30-21-23-19-18(15(12-29-19)14-8-4-3-5-9-14)20(27)24(21)16-10-6-7-11-17(16)28-2/h3-12H,22H2,1-2H3. The zero-order valence-electron chi connectivity index (χ0n) is 16.2. The molecule has 1 amide bonds. The van der Waals surface area contributed by atoms with E-state index in [1.54, 1.807) is 18.2 Å². The predicted molar refractivity (Wildman–Crippen MR) is 120 cm³/mol. The van der Waals surface area contributed by atoms with Crippen LogP contribution in [0.15, 0.2) is 69.9 Å². The Balaban J connectivity index is 2.04. The number of thiophene rings is 1. The van der Waals surface area contributed by atoms with Crippen molar-refractivity contribution in [3.63, 3.8) is 0 Å². The highest BCUT2D eigenvalue weighted by molar-refractivity contribution is 7.97. The van der Waals surface area contributed by atoms with Crippen LogP contribution in [-0.2, 0) is 4.79 Å². The molecule has 2 aromatic heterocycles. The fourth-order valence-corrected chi connectivity index (χ4v) is 4.74. The first-order chi connectivity index (χ1) is 14.5. The van der Waals surface area contributed by atoms with Crippen LogP contribution in [0, 0.1) is 0 Å². The van der Waals surface area contributed by atoms with Crippen LogP contribution in [0.5, 0.6) is 5.75 Å². The van der Waals surface area contributed by atoms with Gasteiger partial charge in [-0.2, -0.15) is 0 Å². The molecular weight excluding hydrogens is 420 g/mol. The van der Waals surface area contributed by atoms with Gasteiger partial charge < -0.3 is 4.74 Å². The molecule has 0 aliphatic rings. The van der Waals surface area contributed by atoms with E-state index in [9.17, 15) is 9.59 Å². The Kier molecular flexibility index (Phi) is 5.58. The summed E-state index contributed by atoms with van der Waals surface area (Å²) >= 11 is 2.26. The lowest BCUT2D eigenvalue weighted by Gasteiger charge is -2.18. The van der Waals surface area contributed by atoms with Crippen LogP contribution in [0.4, 0.5) is 0 Å². The molecule has 0 saturated carbocycles. The van der Waals surface area contributed by atoms with Crippen molar-refractivity contribution in [2.45, 2.75) is 12.1 Å². The van der Waals surface area contributed by atoms with Gasteiger partial charge in [0.2, 0.25) is 5.91 Å². The van der Waals surface area contributed by atoms with E-state index in [4.69, 9.17) is 10.6 Å². The Labute approximate surface area is 180 Å².